The van der Waals surface area contributed by atoms with Gasteiger partial charge in [0, 0.05) is 38.0 Å². The predicted molar refractivity (Wildman–Crippen MR) is 160 cm³/mol. The second-order valence-corrected chi connectivity index (χ2v) is 9.37. The number of nitrogen functional groups attached to an aromatic ring is 1. The first-order valence-electron chi connectivity index (χ1n) is 12.5. The number of likely N-dealkylation sites (tertiary alicyclic amines) is 1. The van der Waals surface area contributed by atoms with Gasteiger partial charge in [-0.25, -0.2) is 4.98 Å². The highest BCUT2D eigenvalue weighted by atomic mass is 35.5. The van der Waals surface area contributed by atoms with Crippen LogP contribution in [0.5, 0.6) is 11.5 Å². The number of hydrogen-bond donors (Lipinski definition) is 3. The molecule has 1 aliphatic heterocycles. The third kappa shape index (κ3) is 7.22. The van der Waals surface area contributed by atoms with Gasteiger partial charge in [-0.15, -0.1) is 24.8 Å². The van der Waals surface area contributed by atoms with E-state index in [0.717, 1.165) is 54.3 Å². The van der Waals surface area contributed by atoms with Gasteiger partial charge in [0.05, 0.1) is 16.9 Å². The van der Waals surface area contributed by atoms with Crippen molar-refractivity contribution in [2.45, 2.75) is 39.0 Å². The maximum atomic E-state index is 7.78. The minimum atomic E-state index is 0. The Morgan fingerprint density at radius 1 is 0.949 bits per heavy atom. The number of imidazole rings is 1. The molecule has 0 spiro atoms. The van der Waals surface area contributed by atoms with Crippen LogP contribution in [0.1, 0.15) is 36.7 Å². The van der Waals surface area contributed by atoms with Crippen LogP contribution < -0.4 is 15.2 Å². The van der Waals surface area contributed by atoms with Gasteiger partial charge in [-0.2, -0.15) is 0 Å². The molecule has 0 bridgehead atoms. The number of hydrogen-bond acceptors (Lipinski definition) is 5. The average Bonchev–Trinajstić information content (AvgIpc) is 3.25. The van der Waals surface area contributed by atoms with Crippen LogP contribution in [-0.2, 0) is 13.2 Å². The molecular formula is C29H34Cl2N6O2. The van der Waals surface area contributed by atoms with Crippen molar-refractivity contribution in [1.82, 2.24) is 14.5 Å². The predicted octanol–water partition coefficient (Wildman–Crippen LogP) is 5.63. The van der Waals surface area contributed by atoms with Crippen LogP contribution in [0.4, 0.5) is 0 Å². The average molecular weight is 570 g/mol. The molecule has 0 unspecified atom stereocenters. The third-order valence-electron chi connectivity index (χ3n) is 6.73. The van der Waals surface area contributed by atoms with Gasteiger partial charge in [-0.3, -0.25) is 10.8 Å². The van der Waals surface area contributed by atoms with Crippen LogP contribution >= 0.6 is 24.8 Å². The zero-order valence-electron chi connectivity index (χ0n) is 21.8. The Morgan fingerprint density at radius 2 is 1.62 bits per heavy atom. The Morgan fingerprint density at radius 3 is 2.26 bits per heavy atom. The summed E-state index contributed by atoms with van der Waals surface area (Å²) in [5.41, 5.74) is 9.28. The van der Waals surface area contributed by atoms with E-state index in [-0.39, 0.29) is 36.8 Å². The molecule has 1 aromatic heterocycles. The SMILES string of the molecule is CC(=N)N1CCC(Oc2ccc(OCc3nc4cc(C(=N)N)ccc4n3Cc3ccccc3)cc2)CC1.Cl.Cl. The molecule has 1 saturated heterocycles. The number of nitrogens with one attached hydrogen (secondary N) is 2. The van der Waals surface area contributed by atoms with Gasteiger partial charge in [0.25, 0.3) is 0 Å². The molecule has 5 rings (SSSR count). The molecule has 206 valence electrons. The summed E-state index contributed by atoms with van der Waals surface area (Å²) in [6.45, 7) is 4.52. The Bertz CT molecular complexity index is 1400. The summed E-state index contributed by atoms with van der Waals surface area (Å²) in [7, 11) is 0. The van der Waals surface area contributed by atoms with Crippen molar-refractivity contribution in [2.24, 2.45) is 5.73 Å². The summed E-state index contributed by atoms with van der Waals surface area (Å²) in [5, 5.41) is 15.5. The van der Waals surface area contributed by atoms with Crippen LogP contribution in [0.25, 0.3) is 11.0 Å². The molecule has 3 aromatic carbocycles. The molecule has 4 N–H and O–H groups in total. The standard InChI is InChI=1S/C29H32N6O2.2ClH/c1-20(30)34-15-13-25(14-16-34)37-24-10-8-23(9-11-24)36-19-28-33-26-17-22(29(31)32)7-12-27(26)35(28)18-21-5-3-2-4-6-21;;/h2-12,17,25,30H,13-16,18-19H2,1H3,(H3,31,32);2*1H. The van der Waals surface area contributed by atoms with E-state index in [1.165, 1.54) is 5.56 Å². The number of aromatic nitrogens is 2. The molecule has 1 aliphatic rings. The van der Waals surface area contributed by atoms with Crippen LogP contribution in [0, 0.1) is 10.8 Å². The van der Waals surface area contributed by atoms with Gasteiger partial charge in [0.15, 0.2) is 0 Å². The van der Waals surface area contributed by atoms with Gasteiger partial charge >= 0.3 is 0 Å². The summed E-state index contributed by atoms with van der Waals surface area (Å²) >= 11 is 0. The monoisotopic (exact) mass is 568 g/mol. The first-order valence-corrected chi connectivity index (χ1v) is 12.5. The Balaban J connectivity index is 0.00000210. The summed E-state index contributed by atoms with van der Waals surface area (Å²) in [6.07, 6.45) is 2.00. The maximum Gasteiger partial charge on any atom is 0.148 e. The lowest BCUT2D eigenvalue weighted by Gasteiger charge is -2.32. The number of ether oxygens (including phenoxy) is 2. The molecular weight excluding hydrogens is 535 g/mol. The molecule has 0 atom stereocenters. The first-order chi connectivity index (χ1) is 18.0. The van der Waals surface area contributed by atoms with Gasteiger partial charge in [0.1, 0.15) is 35.9 Å². The van der Waals surface area contributed by atoms with Crippen LogP contribution in [0.3, 0.4) is 0 Å². The van der Waals surface area contributed by atoms with Crippen LogP contribution in [-0.4, -0.2) is 45.3 Å². The zero-order valence-corrected chi connectivity index (χ0v) is 23.4. The van der Waals surface area contributed by atoms with Crippen molar-refractivity contribution in [3.05, 3.63) is 89.7 Å². The highest BCUT2D eigenvalue weighted by molar-refractivity contribution is 5.98. The normalized spacial score (nSPS) is 13.3. The molecule has 8 nitrogen and oxygen atoms in total. The minimum absolute atomic E-state index is 0. The fraction of sp³-hybridized carbons (Fsp3) is 0.276. The topological polar surface area (TPSA) is 113 Å². The van der Waals surface area contributed by atoms with Crippen molar-refractivity contribution >= 4 is 47.5 Å². The number of fused-ring (bicyclic) bond motifs is 1. The van der Waals surface area contributed by atoms with Crippen LogP contribution in [0.2, 0.25) is 0 Å². The number of benzene rings is 3. The number of piperidine rings is 1. The molecule has 0 radical (unpaired) electrons. The van der Waals surface area contributed by atoms with Crippen molar-refractivity contribution in [3.63, 3.8) is 0 Å². The van der Waals surface area contributed by atoms with Crippen molar-refractivity contribution in [3.8, 4) is 11.5 Å². The fourth-order valence-electron chi connectivity index (χ4n) is 4.66. The molecule has 10 heteroatoms. The summed E-state index contributed by atoms with van der Waals surface area (Å²) in [5.74, 6) is 3.01. The van der Waals surface area contributed by atoms with Crippen molar-refractivity contribution in [1.29, 1.82) is 10.8 Å². The Kier molecular flexibility index (Phi) is 10.2. The van der Waals surface area contributed by atoms with E-state index in [9.17, 15) is 0 Å². The second kappa shape index (κ2) is 13.4. The van der Waals surface area contributed by atoms with Gasteiger partial charge in [-0.1, -0.05) is 30.3 Å². The van der Waals surface area contributed by atoms with Crippen molar-refractivity contribution < 1.29 is 9.47 Å². The molecule has 1 fully saturated rings. The Hall–Kier alpha value is -3.75. The molecule has 0 saturated carbocycles. The van der Waals surface area contributed by atoms with Gasteiger partial charge < -0.3 is 24.7 Å². The van der Waals surface area contributed by atoms with E-state index in [1.807, 2.05) is 67.6 Å². The lowest BCUT2D eigenvalue weighted by atomic mass is 10.1. The van der Waals surface area contributed by atoms with E-state index in [0.29, 0.717) is 24.6 Å². The van der Waals surface area contributed by atoms with Crippen molar-refractivity contribution in [2.75, 3.05) is 13.1 Å². The maximum absolute atomic E-state index is 7.78. The number of nitrogens with two attached hydrogens (primary N) is 1. The highest BCUT2D eigenvalue weighted by Gasteiger charge is 2.21. The van der Waals surface area contributed by atoms with E-state index in [2.05, 4.69) is 21.6 Å². The molecule has 2 heterocycles. The summed E-state index contributed by atoms with van der Waals surface area (Å²) < 4.78 is 14.4. The van der Waals surface area contributed by atoms with Gasteiger partial charge in [0.2, 0.25) is 0 Å². The smallest absolute Gasteiger partial charge is 0.148 e. The fourth-order valence-corrected chi connectivity index (χ4v) is 4.66. The molecule has 0 aliphatic carbocycles. The third-order valence-corrected chi connectivity index (χ3v) is 6.73. The lowest BCUT2D eigenvalue weighted by molar-refractivity contribution is 0.130. The largest absolute Gasteiger partial charge is 0.490 e. The lowest BCUT2D eigenvalue weighted by Crippen LogP contribution is -2.40. The molecule has 4 aromatic rings. The minimum Gasteiger partial charge on any atom is -0.490 e. The van der Waals surface area contributed by atoms with Crippen LogP contribution in [0.15, 0.2) is 72.8 Å². The quantitative estimate of drug-likeness (QED) is 0.188. The Labute approximate surface area is 241 Å². The summed E-state index contributed by atoms with van der Waals surface area (Å²) in [6, 6.07) is 23.6. The van der Waals surface area contributed by atoms with E-state index in [4.69, 9.17) is 31.0 Å². The zero-order chi connectivity index (χ0) is 25.8. The number of halogens is 2. The highest BCUT2D eigenvalue weighted by Crippen LogP contribution is 2.24. The van der Waals surface area contributed by atoms with E-state index < -0.39 is 0 Å². The molecule has 0 amide bonds. The summed E-state index contributed by atoms with van der Waals surface area (Å²) in [4.78, 5) is 6.91. The van der Waals surface area contributed by atoms with Gasteiger partial charge in [-0.05, 0) is 55.0 Å². The van der Waals surface area contributed by atoms with E-state index >= 15 is 0 Å². The number of amidine groups is 2. The number of nitrogens with zero attached hydrogens (tertiary/aromatic N) is 3. The number of rotatable bonds is 8. The molecule has 39 heavy (non-hydrogen) atoms. The first kappa shape index (κ1) is 29.8. The second-order valence-electron chi connectivity index (χ2n) is 9.37. The van der Waals surface area contributed by atoms with E-state index in [1.54, 1.807) is 0 Å².